The van der Waals surface area contributed by atoms with Crippen LogP contribution in [0, 0.1) is 11.6 Å². The lowest BCUT2D eigenvalue weighted by Gasteiger charge is -2.42. The molecule has 106 valence electrons. The molecule has 1 aliphatic heterocycles. The third kappa shape index (κ3) is 3.97. The van der Waals surface area contributed by atoms with Gasteiger partial charge in [-0.3, -0.25) is 4.90 Å². The van der Waals surface area contributed by atoms with E-state index < -0.39 is 11.6 Å². The molecule has 0 amide bonds. The van der Waals surface area contributed by atoms with Crippen LogP contribution in [0.1, 0.15) is 19.4 Å². The topological polar surface area (TPSA) is 12.5 Å². The van der Waals surface area contributed by atoms with Gasteiger partial charge in [-0.05, 0) is 31.5 Å². The number of nitrogens with zero attached hydrogens (tertiary/aromatic N) is 1. The summed E-state index contributed by atoms with van der Waals surface area (Å²) in [7, 11) is 0. The molecule has 19 heavy (non-hydrogen) atoms. The van der Waals surface area contributed by atoms with Crippen LogP contribution >= 0.6 is 15.9 Å². The van der Waals surface area contributed by atoms with Crippen LogP contribution in [0.15, 0.2) is 18.2 Å². The zero-order valence-electron chi connectivity index (χ0n) is 11.1. The summed E-state index contributed by atoms with van der Waals surface area (Å²) in [6, 6.07) is 4.07. The lowest BCUT2D eigenvalue weighted by Crippen LogP contribution is -2.52. The van der Waals surface area contributed by atoms with Crippen molar-refractivity contribution in [2.75, 3.05) is 18.4 Å². The molecule has 0 aliphatic carbocycles. The van der Waals surface area contributed by atoms with E-state index in [0.717, 1.165) is 24.0 Å². The van der Waals surface area contributed by atoms with Crippen molar-refractivity contribution in [1.82, 2.24) is 4.90 Å². The summed E-state index contributed by atoms with van der Waals surface area (Å²) >= 11 is 3.44. The van der Waals surface area contributed by atoms with E-state index in [1.54, 1.807) is 6.07 Å². The predicted octanol–water partition coefficient (Wildman–Crippen LogP) is 3.34. The monoisotopic (exact) mass is 333 g/mol. The average Bonchev–Trinajstić information content (AvgIpc) is 2.32. The lowest BCUT2D eigenvalue weighted by molar-refractivity contribution is -0.128. The summed E-state index contributed by atoms with van der Waals surface area (Å²) in [5.74, 6) is -1.59. The fourth-order valence-electron chi connectivity index (χ4n) is 2.51. The molecule has 1 saturated heterocycles. The van der Waals surface area contributed by atoms with Gasteiger partial charge >= 0.3 is 0 Å². The van der Waals surface area contributed by atoms with E-state index in [9.17, 15) is 8.78 Å². The van der Waals surface area contributed by atoms with Gasteiger partial charge in [0, 0.05) is 25.0 Å². The highest BCUT2D eigenvalue weighted by molar-refractivity contribution is 9.09. The molecule has 1 fully saturated rings. The molecule has 1 aromatic carbocycles. The van der Waals surface area contributed by atoms with Gasteiger partial charge in [-0.2, -0.15) is 0 Å². The minimum absolute atomic E-state index is 0.119. The fourth-order valence-corrected chi connectivity index (χ4v) is 2.85. The molecular weight excluding hydrogens is 316 g/mol. The number of hydrogen-bond donors (Lipinski definition) is 0. The molecule has 1 aliphatic rings. The molecule has 0 radical (unpaired) electrons. The van der Waals surface area contributed by atoms with E-state index in [1.807, 2.05) is 13.8 Å². The Labute approximate surface area is 120 Å². The van der Waals surface area contributed by atoms with Gasteiger partial charge in [0.1, 0.15) is 0 Å². The Hall–Kier alpha value is -0.520. The summed E-state index contributed by atoms with van der Waals surface area (Å²) in [5, 5.41) is 0.769. The summed E-state index contributed by atoms with van der Waals surface area (Å²) in [4.78, 5) is 2.21. The Morgan fingerprint density at radius 2 is 2.11 bits per heavy atom. The van der Waals surface area contributed by atoms with E-state index >= 15 is 0 Å². The molecule has 1 unspecified atom stereocenters. The van der Waals surface area contributed by atoms with Gasteiger partial charge in [0.25, 0.3) is 0 Å². The zero-order valence-corrected chi connectivity index (χ0v) is 12.7. The third-order valence-electron chi connectivity index (χ3n) is 3.11. The van der Waals surface area contributed by atoms with Gasteiger partial charge in [0.2, 0.25) is 0 Å². The Kier molecular flexibility index (Phi) is 4.58. The Balaban J connectivity index is 2.07. The first-order valence-electron chi connectivity index (χ1n) is 6.30. The smallest absolute Gasteiger partial charge is 0.159 e. The third-order valence-corrected chi connectivity index (χ3v) is 3.84. The van der Waals surface area contributed by atoms with E-state index in [2.05, 4.69) is 20.8 Å². The number of ether oxygens (including phenoxy) is 1. The normalized spacial score (nSPS) is 23.5. The highest BCUT2D eigenvalue weighted by atomic mass is 79.9. The number of rotatable bonds is 3. The molecule has 1 aromatic rings. The summed E-state index contributed by atoms with van der Waals surface area (Å²) in [5.41, 5.74) is 0.555. The average molecular weight is 334 g/mol. The molecule has 0 saturated carbocycles. The van der Waals surface area contributed by atoms with Gasteiger partial charge in [0.15, 0.2) is 11.6 Å². The molecule has 0 bridgehead atoms. The molecular formula is C14H18BrF2NO. The summed E-state index contributed by atoms with van der Waals surface area (Å²) in [6.07, 6.45) is 0.119. The van der Waals surface area contributed by atoms with Gasteiger partial charge in [-0.15, -0.1) is 0 Å². The first-order chi connectivity index (χ1) is 8.89. The van der Waals surface area contributed by atoms with Crippen molar-refractivity contribution in [3.8, 4) is 0 Å². The highest BCUT2D eigenvalue weighted by Gasteiger charge is 2.32. The molecule has 0 aromatic heterocycles. The number of morpholine rings is 1. The van der Waals surface area contributed by atoms with Crippen molar-refractivity contribution in [3.63, 3.8) is 0 Å². The number of hydrogen-bond acceptors (Lipinski definition) is 2. The standard InChI is InChI=1S/C14H18BrF2NO/c1-14(2)9-18(8-11(6-15)19-14)7-10-3-4-12(16)13(17)5-10/h3-5,11H,6-9H2,1-2H3. The summed E-state index contributed by atoms with van der Waals surface area (Å²) in [6.45, 7) is 6.25. The summed E-state index contributed by atoms with van der Waals surface area (Å²) < 4.78 is 32.0. The predicted molar refractivity (Wildman–Crippen MR) is 74.4 cm³/mol. The van der Waals surface area contributed by atoms with Crippen LogP contribution in [0.25, 0.3) is 0 Å². The molecule has 2 nitrogen and oxygen atoms in total. The van der Waals surface area contributed by atoms with E-state index in [4.69, 9.17) is 4.74 Å². The maximum atomic E-state index is 13.2. The van der Waals surface area contributed by atoms with Crippen LogP contribution in [0.5, 0.6) is 0 Å². The van der Waals surface area contributed by atoms with Gasteiger partial charge < -0.3 is 4.74 Å². The van der Waals surface area contributed by atoms with Crippen LogP contribution in [-0.4, -0.2) is 35.0 Å². The van der Waals surface area contributed by atoms with Crippen molar-refractivity contribution in [1.29, 1.82) is 0 Å². The molecule has 0 N–H and O–H groups in total. The molecule has 1 atom stereocenters. The minimum Gasteiger partial charge on any atom is -0.369 e. The maximum absolute atomic E-state index is 13.2. The van der Waals surface area contributed by atoms with Gasteiger partial charge in [0.05, 0.1) is 11.7 Å². The first-order valence-corrected chi connectivity index (χ1v) is 7.42. The van der Waals surface area contributed by atoms with E-state index in [1.165, 1.54) is 12.1 Å². The number of benzene rings is 1. The second kappa shape index (κ2) is 5.85. The van der Waals surface area contributed by atoms with Crippen molar-refractivity contribution in [3.05, 3.63) is 35.4 Å². The number of alkyl halides is 1. The maximum Gasteiger partial charge on any atom is 0.159 e. The molecule has 1 heterocycles. The van der Waals surface area contributed by atoms with Crippen molar-refractivity contribution in [2.45, 2.75) is 32.1 Å². The quantitative estimate of drug-likeness (QED) is 0.786. The van der Waals surface area contributed by atoms with Gasteiger partial charge in [-0.1, -0.05) is 22.0 Å². The van der Waals surface area contributed by atoms with E-state index in [0.29, 0.717) is 6.54 Å². The van der Waals surface area contributed by atoms with Crippen molar-refractivity contribution in [2.24, 2.45) is 0 Å². The van der Waals surface area contributed by atoms with Crippen LogP contribution in [0.3, 0.4) is 0 Å². The lowest BCUT2D eigenvalue weighted by atomic mass is 10.0. The Morgan fingerprint density at radius 3 is 2.74 bits per heavy atom. The van der Waals surface area contributed by atoms with Crippen molar-refractivity contribution < 1.29 is 13.5 Å². The van der Waals surface area contributed by atoms with Crippen LogP contribution in [0.2, 0.25) is 0 Å². The van der Waals surface area contributed by atoms with Crippen molar-refractivity contribution >= 4 is 15.9 Å². The second-order valence-corrected chi connectivity index (χ2v) is 6.22. The van der Waals surface area contributed by atoms with Crippen LogP contribution < -0.4 is 0 Å². The van der Waals surface area contributed by atoms with Crippen LogP contribution in [-0.2, 0) is 11.3 Å². The first kappa shape index (κ1) is 14.9. The SMILES string of the molecule is CC1(C)CN(Cc2ccc(F)c(F)c2)CC(CBr)O1. The highest BCUT2D eigenvalue weighted by Crippen LogP contribution is 2.23. The molecule has 5 heteroatoms. The fraction of sp³-hybridized carbons (Fsp3) is 0.571. The molecule has 0 spiro atoms. The second-order valence-electron chi connectivity index (χ2n) is 5.57. The largest absolute Gasteiger partial charge is 0.369 e. The van der Waals surface area contributed by atoms with E-state index in [-0.39, 0.29) is 11.7 Å². The Bertz CT molecular complexity index is 453. The number of halogens is 3. The zero-order chi connectivity index (χ0) is 14.0. The Morgan fingerprint density at radius 1 is 1.37 bits per heavy atom. The molecule has 2 rings (SSSR count). The van der Waals surface area contributed by atoms with Crippen LogP contribution in [0.4, 0.5) is 8.78 Å². The van der Waals surface area contributed by atoms with Gasteiger partial charge in [-0.25, -0.2) is 8.78 Å². The minimum atomic E-state index is -0.801.